The molecule has 0 aliphatic rings. The molecule has 0 saturated heterocycles. The molecule has 0 aliphatic heterocycles. The van der Waals surface area contributed by atoms with Crippen molar-refractivity contribution in [3.05, 3.63) is 101 Å². The topological polar surface area (TPSA) is 238 Å². The molecule has 0 saturated carbocycles. The summed E-state index contributed by atoms with van der Waals surface area (Å²) >= 11 is 0. The van der Waals surface area contributed by atoms with E-state index in [0.29, 0.717) is 52.5 Å². The van der Waals surface area contributed by atoms with Crippen LogP contribution >= 0.6 is 0 Å². The first-order chi connectivity index (χ1) is 31.9. The molecule has 0 aromatic rings. The van der Waals surface area contributed by atoms with Gasteiger partial charge in [-0.3, -0.25) is 0 Å². The third kappa shape index (κ3) is 53.8. The van der Waals surface area contributed by atoms with Crippen molar-refractivity contribution in [2.75, 3.05) is 66.1 Å². The number of carbonyl (C=O) groups is 8. The van der Waals surface area contributed by atoms with Crippen molar-refractivity contribution in [2.24, 2.45) is 0 Å². The Labute approximate surface area is 395 Å². The van der Waals surface area contributed by atoms with Crippen LogP contribution in [0.3, 0.4) is 0 Å². The summed E-state index contributed by atoms with van der Waals surface area (Å²) in [5.41, 5.74) is 0. The summed E-state index contributed by atoms with van der Waals surface area (Å²) in [4.78, 5) is 85.7. The molecule has 0 N–H and O–H groups in total. The molecule has 4 atom stereocenters. The van der Waals surface area contributed by atoms with E-state index in [2.05, 4.69) is 52.6 Å². The van der Waals surface area contributed by atoms with Gasteiger partial charge < -0.3 is 52.1 Å². The Hall–Kier alpha value is -6.44. The van der Waals surface area contributed by atoms with Crippen molar-refractivity contribution in [1.29, 1.82) is 0 Å². The first-order valence-electron chi connectivity index (χ1n) is 21.1. The molecule has 0 aliphatic carbocycles. The predicted octanol–water partition coefficient (Wildman–Crippen LogP) is 5.72. The van der Waals surface area contributed by atoms with Crippen molar-refractivity contribution in [2.45, 2.75) is 90.6 Å². The van der Waals surface area contributed by atoms with Gasteiger partial charge in [0, 0.05) is 61.8 Å². The van der Waals surface area contributed by atoms with Crippen molar-refractivity contribution in [1.82, 2.24) is 0 Å². The van der Waals surface area contributed by atoms with Crippen LogP contribution in [0.1, 0.15) is 66.2 Å². The van der Waals surface area contributed by atoms with Gasteiger partial charge in [-0.25, -0.2) is 38.4 Å². The monoisotopic (exact) mass is 952 g/mol. The second-order valence-electron chi connectivity index (χ2n) is 13.1. The lowest BCUT2D eigenvalue weighted by Gasteiger charge is -2.18. The quantitative estimate of drug-likeness (QED) is 0.0319. The van der Waals surface area contributed by atoms with Crippen LogP contribution in [0.4, 0.5) is 0 Å². The second kappa shape index (κ2) is 49.0. The van der Waals surface area contributed by atoms with Crippen LogP contribution in [-0.4, -0.2) is 138 Å². The van der Waals surface area contributed by atoms with Gasteiger partial charge >= 0.3 is 47.8 Å². The molecular formula is C48H72O19. The number of unbranched alkanes of at least 4 members (excludes halogenated alkanes) is 3. The Balaban J connectivity index is -0.000000397. The zero-order valence-corrected chi connectivity index (χ0v) is 39.7. The molecule has 0 radical (unpaired) electrons. The largest absolute Gasteiger partial charge is 0.463 e. The number of hydrogen-bond donors (Lipinski definition) is 0. The average molecular weight is 953 g/mol. The molecule has 0 bridgehead atoms. The maximum absolute atomic E-state index is 10.8. The van der Waals surface area contributed by atoms with Crippen molar-refractivity contribution < 1.29 is 90.5 Å². The van der Waals surface area contributed by atoms with Crippen LogP contribution in [0.25, 0.3) is 0 Å². The van der Waals surface area contributed by atoms with Crippen molar-refractivity contribution >= 4 is 47.8 Å². The second-order valence-corrected chi connectivity index (χ2v) is 13.1. The molecule has 67 heavy (non-hydrogen) atoms. The predicted molar refractivity (Wildman–Crippen MR) is 248 cm³/mol. The van der Waals surface area contributed by atoms with E-state index in [1.807, 2.05) is 0 Å². The molecule has 0 fully saturated rings. The van der Waals surface area contributed by atoms with Crippen LogP contribution in [-0.2, 0) is 90.5 Å². The van der Waals surface area contributed by atoms with Crippen LogP contribution in [0, 0.1) is 0 Å². The Morgan fingerprint density at radius 2 is 0.582 bits per heavy atom. The van der Waals surface area contributed by atoms with E-state index in [4.69, 9.17) is 52.1 Å². The lowest BCUT2D eigenvalue weighted by Crippen LogP contribution is -2.26. The summed E-state index contributed by atoms with van der Waals surface area (Å²) in [5.74, 6) is -3.64. The third-order valence-corrected chi connectivity index (χ3v) is 6.99. The fraction of sp³-hybridized carbons (Fsp3) is 0.500. The Kier molecular flexibility index (Phi) is 49.1. The lowest BCUT2D eigenvalue weighted by atomic mass is 10.3. The van der Waals surface area contributed by atoms with Gasteiger partial charge in [0.05, 0.1) is 51.3 Å². The highest BCUT2D eigenvalue weighted by atomic mass is 16.6. The van der Waals surface area contributed by atoms with Gasteiger partial charge in [-0.15, -0.1) is 0 Å². The molecule has 0 aromatic heterocycles. The SMILES string of the molecule is C=CC(=O)OCC(C)OC(C)COC(=O)C=C.C=CC(=O)OCC(C)OCC(C)OC(=O)C=C.C=CC(=O)OCCCCOC(=O)C=C.C=CC(=O)OCCCCOCCCCOC(=O)C=C. The summed E-state index contributed by atoms with van der Waals surface area (Å²) in [6.45, 7) is 36.5. The first-order valence-corrected chi connectivity index (χ1v) is 21.1. The Morgan fingerprint density at radius 1 is 0.328 bits per heavy atom. The number of ether oxygens (including phenoxy) is 11. The van der Waals surface area contributed by atoms with Gasteiger partial charge in [0.15, 0.2) is 0 Å². The zero-order valence-electron chi connectivity index (χ0n) is 39.7. The summed E-state index contributed by atoms with van der Waals surface area (Å²) in [6, 6.07) is 0. The van der Waals surface area contributed by atoms with Gasteiger partial charge in [0.1, 0.15) is 25.9 Å². The van der Waals surface area contributed by atoms with Gasteiger partial charge in [-0.05, 0) is 66.2 Å². The normalized spacial score (nSPS) is 11.3. The molecule has 19 heteroatoms. The highest BCUT2D eigenvalue weighted by Crippen LogP contribution is 2.02. The average Bonchev–Trinajstić information content (AvgIpc) is 3.33. The fourth-order valence-electron chi connectivity index (χ4n) is 3.72. The van der Waals surface area contributed by atoms with Gasteiger partial charge in [-0.2, -0.15) is 0 Å². The van der Waals surface area contributed by atoms with Crippen LogP contribution < -0.4 is 0 Å². The van der Waals surface area contributed by atoms with E-state index in [1.165, 1.54) is 0 Å². The summed E-state index contributed by atoms with van der Waals surface area (Å²) in [5, 5.41) is 0. The summed E-state index contributed by atoms with van der Waals surface area (Å²) in [6.07, 6.45) is 12.2. The maximum Gasteiger partial charge on any atom is 0.330 e. The lowest BCUT2D eigenvalue weighted by molar-refractivity contribution is -0.149. The van der Waals surface area contributed by atoms with E-state index < -0.39 is 47.8 Å². The molecule has 0 rings (SSSR count). The minimum absolute atomic E-state index is 0.130. The molecule has 0 spiro atoms. The molecule has 0 aromatic carbocycles. The molecule has 4 unspecified atom stereocenters. The van der Waals surface area contributed by atoms with Crippen LogP contribution in [0.2, 0.25) is 0 Å². The highest BCUT2D eigenvalue weighted by molar-refractivity contribution is 5.83. The van der Waals surface area contributed by atoms with Gasteiger partial charge in [0.2, 0.25) is 0 Å². The number of esters is 8. The fourth-order valence-corrected chi connectivity index (χ4v) is 3.72. The van der Waals surface area contributed by atoms with E-state index in [-0.39, 0.29) is 50.8 Å². The highest BCUT2D eigenvalue weighted by Gasteiger charge is 2.13. The number of hydrogen-bond acceptors (Lipinski definition) is 19. The molecule has 19 nitrogen and oxygen atoms in total. The summed E-state index contributed by atoms with van der Waals surface area (Å²) in [7, 11) is 0. The zero-order chi connectivity index (χ0) is 51.7. The molecular weight excluding hydrogens is 881 g/mol. The van der Waals surface area contributed by atoms with E-state index in [9.17, 15) is 38.4 Å². The van der Waals surface area contributed by atoms with Crippen LogP contribution in [0.15, 0.2) is 101 Å². The van der Waals surface area contributed by atoms with Gasteiger partial charge in [-0.1, -0.05) is 52.6 Å². The van der Waals surface area contributed by atoms with Crippen LogP contribution in [0.5, 0.6) is 0 Å². The Bertz CT molecular complexity index is 1440. The minimum Gasteiger partial charge on any atom is -0.463 e. The van der Waals surface area contributed by atoms with Gasteiger partial charge in [0.25, 0.3) is 0 Å². The van der Waals surface area contributed by atoms with Crippen molar-refractivity contribution in [3.63, 3.8) is 0 Å². The number of rotatable bonds is 35. The van der Waals surface area contributed by atoms with E-state index >= 15 is 0 Å². The Morgan fingerprint density at radius 3 is 0.866 bits per heavy atom. The maximum atomic E-state index is 10.8. The summed E-state index contributed by atoms with van der Waals surface area (Å²) < 4.78 is 54.4. The standard InChI is InChI=1S/C14H22O5.2C12H18O5.C10H14O4/c1-3-13(15)18-11-7-5-9-17-10-6-8-12-19-14(16)4-2;1-5-11(13)16-7-9(3)15-8-10(4)17-12(14)6-2;1-5-11(13)15-7-9(3)17-10(4)8-16-12(14)6-2;1-3-9(11)13-7-5-6-8-14-10(12)4-2/h3-4H,1-2,5-12H2;2*5-6,9-10H,1-2,7-8H2,3-4H3;3-4H,1-2,5-8H2. The van der Waals surface area contributed by atoms with E-state index in [0.717, 1.165) is 74.3 Å². The molecule has 378 valence electrons. The van der Waals surface area contributed by atoms with Crippen molar-refractivity contribution in [3.8, 4) is 0 Å². The minimum atomic E-state index is -0.494. The molecule has 0 amide bonds. The number of carbonyl (C=O) groups excluding carboxylic acids is 8. The van der Waals surface area contributed by atoms with E-state index in [1.54, 1.807) is 27.7 Å². The third-order valence-electron chi connectivity index (χ3n) is 6.99. The first kappa shape index (κ1) is 67.2. The molecule has 0 heterocycles. The smallest absolute Gasteiger partial charge is 0.330 e.